The van der Waals surface area contributed by atoms with Gasteiger partial charge in [0.1, 0.15) is 4.90 Å². The summed E-state index contributed by atoms with van der Waals surface area (Å²) < 4.78 is 88.6. The molecule has 0 fully saturated rings. The van der Waals surface area contributed by atoms with E-state index in [0.29, 0.717) is 12.1 Å². The molecule has 138 valence electrons. The molecule has 0 saturated carbocycles. The third kappa shape index (κ3) is 3.87. The van der Waals surface area contributed by atoms with Crippen molar-refractivity contribution in [3.05, 3.63) is 27.7 Å². The molecule has 0 spiro atoms. The number of nitrogens with one attached hydrogen (secondary N) is 2. The van der Waals surface area contributed by atoms with Crippen molar-refractivity contribution in [2.45, 2.75) is 16.6 Å². The first-order valence-corrected chi connectivity index (χ1v) is 8.09. The number of rotatable bonds is 3. The summed E-state index contributed by atoms with van der Waals surface area (Å²) in [6, 6.07) is 1.01. The number of alkyl halides is 6. The summed E-state index contributed by atoms with van der Waals surface area (Å²) in [6.07, 6.45) is -4.76. The van der Waals surface area contributed by atoms with Gasteiger partial charge in [-0.15, -0.1) is 0 Å². The number of nitrogens with zero attached hydrogens (tertiary/aromatic N) is 1. The maximum Gasteiger partial charge on any atom is 0.476 e. The Balaban J connectivity index is 2.72. The zero-order valence-electron chi connectivity index (χ0n) is 11.9. The lowest BCUT2D eigenvalue weighted by Gasteiger charge is -2.13. The summed E-state index contributed by atoms with van der Waals surface area (Å²) >= 11 is 11.6. The Morgan fingerprint density at radius 1 is 1.12 bits per heavy atom. The molecule has 0 aliphatic carbocycles. The van der Waals surface area contributed by atoms with Gasteiger partial charge in [0.2, 0.25) is 0 Å². The van der Waals surface area contributed by atoms with Gasteiger partial charge in [-0.2, -0.15) is 31.4 Å². The zero-order chi connectivity index (χ0) is 19.2. The molecule has 1 aromatic carbocycles. The van der Waals surface area contributed by atoms with Crippen molar-refractivity contribution >= 4 is 39.8 Å². The Kier molecular flexibility index (Phi) is 5.31. The van der Waals surface area contributed by atoms with Gasteiger partial charge >= 0.3 is 11.7 Å². The summed E-state index contributed by atoms with van der Waals surface area (Å²) in [7, 11) is -2.30. The van der Waals surface area contributed by atoms with Gasteiger partial charge in [-0.3, -0.25) is 5.10 Å². The molecule has 1 heterocycles. The number of anilines is 1. The lowest BCUT2D eigenvalue weighted by atomic mass is 10.1. The van der Waals surface area contributed by atoms with Crippen LogP contribution in [0.5, 0.6) is 0 Å². The highest BCUT2D eigenvalue weighted by molar-refractivity contribution is 7.86. The topological polar surface area (TPSA) is 57.8 Å². The lowest BCUT2D eigenvalue weighted by molar-refractivity contribution is -0.137. The van der Waals surface area contributed by atoms with E-state index in [1.54, 1.807) is 0 Å². The summed E-state index contributed by atoms with van der Waals surface area (Å²) in [4.78, 5) is -0.821. The first-order valence-electron chi connectivity index (χ1n) is 6.19. The van der Waals surface area contributed by atoms with E-state index in [1.807, 2.05) is 0 Å². The molecular weight excluding hydrogens is 419 g/mol. The van der Waals surface area contributed by atoms with Crippen LogP contribution in [0.4, 0.5) is 32.2 Å². The van der Waals surface area contributed by atoms with Gasteiger partial charge < -0.3 is 5.32 Å². The van der Waals surface area contributed by atoms with Crippen LogP contribution in [0, 0.1) is 0 Å². The van der Waals surface area contributed by atoms with E-state index in [-0.39, 0.29) is 5.56 Å². The molecule has 25 heavy (non-hydrogen) atoms. The third-order valence-electron chi connectivity index (χ3n) is 2.97. The maximum absolute atomic E-state index is 12.9. The van der Waals surface area contributed by atoms with Crippen LogP contribution in [-0.2, 0) is 17.0 Å². The second-order valence-electron chi connectivity index (χ2n) is 4.55. The van der Waals surface area contributed by atoms with E-state index in [1.165, 1.54) is 7.05 Å². The van der Waals surface area contributed by atoms with Crippen LogP contribution in [0.15, 0.2) is 17.0 Å². The van der Waals surface area contributed by atoms with Crippen LogP contribution in [-0.4, -0.2) is 27.0 Å². The van der Waals surface area contributed by atoms with Gasteiger partial charge in [0.05, 0.1) is 21.3 Å². The lowest BCUT2D eigenvalue weighted by Crippen LogP contribution is -2.17. The number of H-pyrrole nitrogens is 1. The van der Waals surface area contributed by atoms with E-state index < -0.39 is 54.5 Å². The molecule has 0 aliphatic rings. The van der Waals surface area contributed by atoms with Gasteiger partial charge in [0.15, 0.2) is 16.6 Å². The zero-order valence-corrected chi connectivity index (χ0v) is 14.3. The molecule has 2 aromatic rings. The van der Waals surface area contributed by atoms with Crippen molar-refractivity contribution in [2.24, 2.45) is 0 Å². The summed E-state index contributed by atoms with van der Waals surface area (Å²) in [5.74, 6) is -0.405. The van der Waals surface area contributed by atoms with Crippen LogP contribution < -0.4 is 5.32 Å². The number of benzene rings is 1. The smallest absolute Gasteiger partial charge is 0.371 e. The van der Waals surface area contributed by atoms with Crippen LogP contribution in [0.1, 0.15) is 5.56 Å². The first kappa shape index (κ1) is 19.9. The highest BCUT2D eigenvalue weighted by Gasteiger charge is 2.42. The van der Waals surface area contributed by atoms with Crippen LogP contribution in [0.2, 0.25) is 10.0 Å². The second-order valence-corrected chi connectivity index (χ2v) is 6.78. The van der Waals surface area contributed by atoms with Crippen LogP contribution >= 0.6 is 23.2 Å². The minimum atomic E-state index is -5.13. The van der Waals surface area contributed by atoms with Gasteiger partial charge in [-0.25, -0.2) is 4.21 Å². The normalized spacial score (nSPS) is 13.8. The average Bonchev–Trinajstić information content (AvgIpc) is 2.87. The second kappa shape index (κ2) is 6.69. The molecule has 2 rings (SSSR count). The Labute approximate surface area is 149 Å². The Hall–Kier alpha value is -1.46. The van der Waals surface area contributed by atoms with Crippen molar-refractivity contribution < 1.29 is 30.6 Å². The average molecular weight is 426 g/mol. The Morgan fingerprint density at radius 2 is 1.64 bits per heavy atom. The Morgan fingerprint density at radius 3 is 2.04 bits per heavy atom. The number of halogens is 8. The molecule has 2 N–H and O–H groups in total. The fourth-order valence-corrected chi connectivity index (χ4v) is 3.51. The minimum Gasteiger partial charge on any atom is -0.371 e. The van der Waals surface area contributed by atoms with E-state index >= 15 is 0 Å². The predicted molar refractivity (Wildman–Crippen MR) is 81.1 cm³/mol. The third-order valence-corrected chi connectivity index (χ3v) is 4.76. The molecule has 1 aromatic heterocycles. The first-order chi connectivity index (χ1) is 11.4. The van der Waals surface area contributed by atoms with Crippen LogP contribution in [0.3, 0.4) is 0 Å². The molecule has 0 aliphatic heterocycles. The number of hydrogen-bond donors (Lipinski definition) is 2. The molecule has 1 atom stereocenters. The maximum atomic E-state index is 12.9. The van der Waals surface area contributed by atoms with Crippen molar-refractivity contribution in [3.63, 3.8) is 0 Å². The monoisotopic (exact) mass is 425 g/mol. The number of aromatic amines is 1. The molecule has 0 radical (unpaired) electrons. The number of aromatic nitrogens is 2. The summed E-state index contributed by atoms with van der Waals surface area (Å²) in [5.41, 5.74) is -7.19. The van der Waals surface area contributed by atoms with E-state index in [4.69, 9.17) is 23.2 Å². The van der Waals surface area contributed by atoms with E-state index in [2.05, 4.69) is 15.5 Å². The summed E-state index contributed by atoms with van der Waals surface area (Å²) in [5, 5.41) is 6.87. The minimum absolute atomic E-state index is 0.377. The van der Waals surface area contributed by atoms with E-state index in [9.17, 15) is 30.6 Å². The molecule has 4 nitrogen and oxygen atoms in total. The fraction of sp³-hybridized carbons (Fsp3) is 0.250. The van der Waals surface area contributed by atoms with Crippen LogP contribution in [0.25, 0.3) is 11.3 Å². The molecule has 1 unspecified atom stereocenters. The highest BCUT2D eigenvalue weighted by Crippen LogP contribution is 2.44. The van der Waals surface area contributed by atoms with Gasteiger partial charge in [-0.05, 0) is 12.1 Å². The van der Waals surface area contributed by atoms with Gasteiger partial charge in [-0.1, -0.05) is 23.2 Å². The predicted octanol–water partition coefficient (Wildman–Crippen LogP) is 5.07. The largest absolute Gasteiger partial charge is 0.476 e. The SMILES string of the molecule is CNc1n[nH]c(-c2c(Cl)cc(C(F)(F)F)cc2Cl)c1S(=O)C(F)(F)F. The molecule has 0 bridgehead atoms. The van der Waals surface area contributed by atoms with Crippen molar-refractivity contribution in [3.8, 4) is 11.3 Å². The summed E-state index contributed by atoms with van der Waals surface area (Å²) in [6.45, 7) is 0. The molecular formula is C12H7Cl2F6N3OS. The van der Waals surface area contributed by atoms with Crippen molar-refractivity contribution in [1.29, 1.82) is 0 Å². The molecule has 0 saturated heterocycles. The molecule has 13 heteroatoms. The highest BCUT2D eigenvalue weighted by atomic mass is 35.5. The van der Waals surface area contributed by atoms with Gasteiger partial charge in [0.25, 0.3) is 0 Å². The van der Waals surface area contributed by atoms with Gasteiger partial charge in [0, 0.05) is 12.6 Å². The fourth-order valence-electron chi connectivity index (χ4n) is 1.94. The van der Waals surface area contributed by atoms with Crippen molar-refractivity contribution in [2.75, 3.05) is 12.4 Å². The van der Waals surface area contributed by atoms with E-state index in [0.717, 1.165) is 0 Å². The Bertz CT molecular complexity index is 810. The quantitative estimate of drug-likeness (QED) is 0.674. The van der Waals surface area contributed by atoms with Crippen molar-refractivity contribution in [1.82, 2.24) is 10.2 Å². The standard InChI is InChI=1S/C12H7Cl2F6N3OS/c1-21-10-9(25(24)12(18,19)20)8(22-23-10)7-5(13)2-4(3-6(7)14)11(15,16)17/h2-3H,1H3,(H2,21,22,23). The molecule has 0 amide bonds. The number of hydrogen-bond acceptors (Lipinski definition) is 3.